The van der Waals surface area contributed by atoms with Gasteiger partial charge >= 0.3 is 0 Å². The lowest BCUT2D eigenvalue weighted by molar-refractivity contribution is 0.625. The lowest BCUT2D eigenvalue weighted by Crippen LogP contribution is -2.02. The lowest BCUT2D eigenvalue weighted by atomic mass is 10.0. The molecule has 0 amide bonds. The molecule has 2 N–H and O–H groups in total. The quantitative estimate of drug-likeness (QED) is 0.740. The van der Waals surface area contributed by atoms with Crippen LogP contribution < -0.4 is 5.73 Å². The van der Waals surface area contributed by atoms with Gasteiger partial charge in [-0.2, -0.15) is 0 Å². The number of aryl methyl sites for hydroxylation is 1. The molecule has 1 saturated carbocycles. The van der Waals surface area contributed by atoms with Gasteiger partial charge in [-0.15, -0.1) is 0 Å². The van der Waals surface area contributed by atoms with Crippen LogP contribution in [0.1, 0.15) is 23.5 Å². The molecule has 1 aromatic carbocycles. The summed E-state index contributed by atoms with van der Waals surface area (Å²) in [5, 5.41) is 0. The van der Waals surface area contributed by atoms with Gasteiger partial charge in [0.1, 0.15) is 5.82 Å². The number of hydrogen-bond donors (Lipinski definition) is 1. The van der Waals surface area contributed by atoms with Gasteiger partial charge in [0.05, 0.1) is 0 Å². The molecular formula is C11H14FN. The van der Waals surface area contributed by atoms with E-state index in [4.69, 9.17) is 5.73 Å². The van der Waals surface area contributed by atoms with Crippen LogP contribution in [0.4, 0.5) is 4.39 Å². The molecule has 1 nitrogen and oxygen atoms in total. The summed E-state index contributed by atoms with van der Waals surface area (Å²) >= 11 is 0. The molecule has 0 saturated heterocycles. The van der Waals surface area contributed by atoms with Crippen LogP contribution in [0.2, 0.25) is 0 Å². The molecule has 0 bridgehead atoms. The van der Waals surface area contributed by atoms with Crippen molar-refractivity contribution in [3.05, 3.63) is 35.1 Å². The number of nitrogens with two attached hydrogens (primary N) is 1. The maximum absolute atomic E-state index is 12.8. The summed E-state index contributed by atoms with van der Waals surface area (Å²) in [5.41, 5.74) is 7.90. The van der Waals surface area contributed by atoms with E-state index in [0.717, 1.165) is 12.1 Å². The van der Waals surface area contributed by atoms with E-state index in [9.17, 15) is 4.39 Å². The summed E-state index contributed by atoms with van der Waals surface area (Å²) in [6.45, 7) is 2.71. The zero-order valence-electron chi connectivity index (χ0n) is 7.76. The highest BCUT2D eigenvalue weighted by molar-refractivity contribution is 5.34. The smallest absolute Gasteiger partial charge is 0.123 e. The molecule has 0 spiro atoms. The van der Waals surface area contributed by atoms with Crippen LogP contribution in [0.5, 0.6) is 0 Å². The van der Waals surface area contributed by atoms with E-state index in [-0.39, 0.29) is 5.82 Å². The van der Waals surface area contributed by atoms with E-state index in [2.05, 4.69) is 0 Å². The average Bonchev–Trinajstić information content (AvgIpc) is 2.83. The predicted octanol–water partition coefficient (Wildman–Crippen LogP) is 2.20. The number of benzene rings is 1. The number of halogens is 1. The van der Waals surface area contributed by atoms with Crippen LogP contribution >= 0.6 is 0 Å². The lowest BCUT2D eigenvalue weighted by Gasteiger charge is -2.04. The molecule has 2 rings (SSSR count). The summed E-state index contributed by atoms with van der Waals surface area (Å²) in [6.07, 6.45) is 1.17. The Labute approximate surface area is 77.8 Å². The van der Waals surface area contributed by atoms with Crippen molar-refractivity contribution in [2.24, 2.45) is 11.7 Å². The van der Waals surface area contributed by atoms with Crippen molar-refractivity contribution in [2.75, 3.05) is 6.54 Å². The predicted molar refractivity (Wildman–Crippen MR) is 51.0 cm³/mol. The molecule has 1 aromatic rings. The third-order valence-electron chi connectivity index (χ3n) is 2.86. The van der Waals surface area contributed by atoms with Crippen LogP contribution in [-0.2, 0) is 0 Å². The molecule has 0 heterocycles. The number of hydrogen-bond acceptors (Lipinski definition) is 1. The fourth-order valence-electron chi connectivity index (χ4n) is 1.94. The summed E-state index contributed by atoms with van der Waals surface area (Å²) in [6, 6.07) is 5.03. The largest absolute Gasteiger partial charge is 0.330 e. The van der Waals surface area contributed by atoms with Crippen molar-refractivity contribution in [3.63, 3.8) is 0 Å². The summed E-state index contributed by atoms with van der Waals surface area (Å²) in [4.78, 5) is 0. The van der Waals surface area contributed by atoms with E-state index < -0.39 is 0 Å². The van der Waals surface area contributed by atoms with Gasteiger partial charge in [-0.05, 0) is 55.0 Å². The monoisotopic (exact) mass is 179 g/mol. The Morgan fingerprint density at radius 1 is 1.54 bits per heavy atom. The molecule has 13 heavy (non-hydrogen) atoms. The van der Waals surface area contributed by atoms with Gasteiger partial charge in [-0.25, -0.2) is 4.39 Å². The van der Waals surface area contributed by atoms with Crippen molar-refractivity contribution in [3.8, 4) is 0 Å². The molecule has 2 heteroatoms. The van der Waals surface area contributed by atoms with E-state index in [0.29, 0.717) is 11.8 Å². The molecule has 1 aliphatic rings. The first-order valence-electron chi connectivity index (χ1n) is 4.68. The van der Waals surface area contributed by atoms with Gasteiger partial charge < -0.3 is 5.73 Å². The summed E-state index contributed by atoms with van der Waals surface area (Å²) in [5.74, 6) is 1.07. The second-order valence-electron chi connectivity index (χ2n) is 3.84. The SMILES string of the molecule is Cc1cc(F)ccc1[C@H]1C[C@H]1CN. The van der Waals surface area contributed by atoms with E-state index in [1.165, 1.54) is 18.1 Å². The van der Waals surface area contributed by atoms with Gasteiger partial charge in [-0.3, -0.25) is 0 Å². The Bertz CT molecular complexity index is 322. The Balaban J connectivity index is 2.22. The fourth-order valence-corrected chi connectivity index (χ4v) is 1.94. The maximum atomic E-state index is 12.8. The van der Waals surface area contributed by atoms with Crippen LogP contribution in [0.25, 0.3) is 0 Å². The highest BCUT2D eigenvalue weighted by Crippen LogP contribution is 2.47. The highest BCUT2D eigenvalue weighted by Gasteiger charge is 2.37. The first-order valence-corrected chi connectivity index (χ1v) is 4.68. The van der Waals surface area contributed by atoms with Crippen molar-refractivity contribution >= 4 is 0 Å². The van der Waals surface area contributed by atoms with Crippen LogP contribution in [0, 0.1) is 18.7 Å². The molecule has 2 atom stereocenters. The van der Waals surface area contributed by atoms with Gasteiger partial charge in [0, 0.05) is 0 Å². The second kappa shape index (κ2) is 3.11. The third-order valence-corrected chi connectivity index (χ3v) is 2.86. The molecule has 0 aromatic heterocycles. The minimum Gasteiger partial charge on any atom is -0.330 e. The summed E-state index contributed by atoms with van der Waals surface area (Å²) in [7, 11) is 0. The molecule has 0 radical (unpaired) electrons. The van der Waals surface area contributed by atoms with E-state index in [1.807, 2.05) is 13.0 Å². The first-order chi connectivity index (χ1) is 6.22. The zero-order valence-corrected chi connectivity index (χ0v) is 7.76. The molecule has 0 unspecified atom stereocenters. The van der Waals surface area contributed by atoms with Gasteiger partial charge in [0.25, 0.3) is 0 Å². The van der Waals surface area contributed by atoms with Crippen molar-refractivity contribution in [1.29, 1.82) is 0 Å². The third kappa shape index (κ3) is 1.59. The first kappa shape index (κ1) is 8.70. The molecule has 1 fully saturated rings. The van der Waals surface area contributed by atoms with Gasteiger partial charge in [0.2, 0.25) is 0 Å². The number of rotatable bonds is 2. The molecule has 1 aliphatic carbocycles. The Morgan fingerprint density at radius 2 is 2.31 bits per heavy atom. The molecule has 70 valence electrons. The van der Waals surface area contributed by atoms with E-state index in [1.54, 1.807) is 6.07 Å². The fraction of sp³-hybridized carbons (Fsp3) is 0.455. The van der Waals surface area contributed by atoms with Crippen LogP contribution in [0.3, 0.4) is 0 Å². The minimum atomic E-state index is -0.147. The van der Waals surface area contributed by atoms with Gasteiger partial charge in [-0.1, -0.05) is 6.07 Å². The molecular weight excluding hydrogens is 165 g/mol. The Morgan fingerprint density at radius 3 is 2.85 bits per heavy atom. The standard InChI is InChI=1S/C11H14FN/c1-7-4-9(12)2-3-10(7)11-5-8(11)6-13/h2-4,8,11H,5-6,13H2,1H3/t8-,11-/m0/s1. The Kier molecular flexibility index (Phi) is 2.08. The zero-order chi connectivity index (χ0) is 9.42. The van der Waals surface area contributed by atoms with Crippen LogP contribution in [0.15, 0.2) is 18.2 Å². The topological polar surface area (TPSA) is 26.0 Å². The van der Waals surface area contributed by atoms with Crippen molar-refractivity contribution in [2.45, 2.75) is 19.3 Å². The second-order valence-corrected chi connectivity index (χ2v) is 3.84. The minimum absolute atomic E-state index is 0.147. The summed E-state index contributed by atoms with van der Waals surface area (Å²) < 4.78 is 12.8. The van der Waals surface area contributed by atoms with Gasteiger partial charge in [0.15, 0.2) is 0 Å². The average molecular weight is 179 g/mol. The van der Waals surface area contributed by atoms with Crippen molar-refractivity contribution in [1.82, 2.24) is 0 Å². The maximum Gasteiger partial charge on any atom is 0.123 e. The van der Waals surface area contributed by atoms with Crippen LogP contribution in [-0.4, -0.2) is 6.54 Å². The Hall–Kier alpha value is -0.890. The normalized spacial score (nSPS) is 26.1. The highest BCUT2D eigenvalue weighted by atomic mass is 19.1. The van der Waals surface area contributed by atoms with Crippen molar-refractivity contribution < 1.29 is 4.39 Å². The van der Waals surface area contributed by atoms with E-state index >= 15 is 0 Å². The molecule has 0 aliphatic heterocycles.